The highest BCUT2D eigenvalue weighted by Crippen LogP contribution is 2.38. The fraction of sp³-hybridized carbons (Fsp3) is 0.846. The molecule has 0 amide bonds. The normalized spacial score (nSPS) is 34.9. The highest BCUT2D eigenvalue weighted by atomic mass is 19.4. The topological polar surface area (TPSA) is 12.0 Å². The van der Waals surface area contributed by atoms with Crippen molar-refractivity contribution in [1.82, 2.24) is 5.32 Å². The van der Waals surface area contributed by atoms with Crippen LogP contribution >= 0.6 is 0 Å². The van der Waals surface area contributed by atoms with Gasteiger partial charge in [-0.25, -0.2) is 0 Å². The molecule has 1 N–H and O–H groups in total. The second-order valence-electron chi connectivity index (χ2n) is 5.19. The molecule has 2 rings (SSSR count). The summed E-state index contributed by atoms with van der Waals surface area (Å²) in [6.45, 7) is 0. The van der Waals surface area contributed by atoms with Gasteiger partial charge in [-0.05, 0) is 32.1 Å². The molecule has 0 aromatic rings. The fourth-order valence-corrected chi connectivity index (χ4v) is 2.97. The van der Waals surface area contributed by atoms with Gasteiger partial charge in [0.2, 0.25) is 0 Å². The summed E-state index contributed by atoms with van der Waals surface area (Å²) in [5.74, 6) is -1.14. The molecule has 4 heteroatoms. The van der Waals surface area contributed by atoms with Crippen LogP contribution in [0.2, 0.25) is 0 Å². The van der Waals surface area contributed by atoms with Gasteiger partial charge in [0.05, 0.1) is 5.92 Å². The van der Waals surface area contributed by atoms with Crippen molar-refractivity contribution in [2.45, 2.75) is 63.2 Å². The minimum atomic E-state index is -4.04. The zero-order chi connectivity index (χ0) is 12.3. The van der Waals surface area contributed by atoms with E-state index in [9.17, 15) is 13.2 Å². The van der Waals surface area contributed by atoms with Gasteiger partial charge in [0, 0.05) is 12.1 Å². The first-order valence-electron chi connectivity index (χ1n) is 6.55. The Morgan fingerprint density at radius 3 is 2.41 bits per heavy atom. The summed E-state index contributed by atoms with van der Waals surface area (Å²) >= 11 is 0. The summed E-state index contributed by atoms with van der Waals surface area (Å²) < 4.78 is 38.7. The number of rotatable bonds is 2. The van der Waals surface area contributed by atoms with E-state index < -0.39 is 12.1 Å². The lowest BCUT2D eigenvalue weighted by molar-refractivity contribution is -0.189. The summed E-state index contributed by atoms with van der Waals surface area (Å²) in [5.41, 5.74) is 0. The Bertz CT molecular complexity index is 272. The molecular weight excluding hydrogens is 227 g/mol. The van der Waals surface area contributed by atoms with Crippen molar-refractivity contribution >= 4 is 0 Å². The van der Waals surface area contributed by atoms with Gasteiger partial charge in [0.25, 0.3) is 0 Å². The maximum atomic E-state index is 12.9. The van der Waals surface area contributed by atoms with E-state index in [0.29, 0.717) is 19.3 Å². The predicted molar refractivity (Wildman–Crippen MR) is 61.7 cm³/mol. The van der Waals surface area contributed by atoms with Crippen molar-refractivity contribution in [1.29, 1.82) is 0 Å². The van der Waals surface area contributed by atoms with Gasteiger partial charge in [-0.15, -0.1) is 0 Å². The summed E-state index contributed by atoms with van der Waals surface area (Å²) in [7, 11) is 0. The van der Waals surface area contributed by atoms with Gasteiger partial charge in [-0.2, -0.15) is 13.2 Å². The van der Waals surface area contributed by atoms with Gasteiger partial charge in [-0.1, -0.05) is 25.0 Å². The van der Waals surface area contributed by atoms with Gasteiger partial charge in [0.1, 0.15) is 0 Å². The Morgan fingerprint density at radius 1 is 1.00 bits per heavy atom. The Labute approximate surface area is 100 Å². The average Bonchev–Trinajstić information content (AvgIpc) is 2.30. The molecule has 0 heterocycles. The van der Waals surface area contributed by atoms with Gasteiger partial charge in [-0.3, -0.25) is 0 Å². The van der Waals surface area contributed by atoms with Crippen LogP contribution in [0.1, 0.15) is 44.9 Å². The molecule has 1 fully saturated rings. The van der Waals surface area contributed by atoms with Gasteiger partial charge < -0.3 is 5.32 Å². The SMILES string of the molecule is FC(F)(F)C1CCCCC1NC1CC=CCC1. The van der Waals surface area contributed by atoms with E-state index in [2.05, 4.69) is 17.5 Å². The number of hydrogen-bond donors (Lipinski definition) is 1. The summed E-state index contributed by atoms with van der Waals surface area (Å²) in [4.78, 5) is 0. The lowest BCUT2D eigenvalue weighted by atomic mass is 9.83. The monoisotopic (exact) mass is 247 g/mol. The van der Waals surface area contributed by atoms with E-state index in [1.54, 1.807) is 0 Å². The first kappa shape index (κ1) is 12.9. The third-order valence-corrected chi connectivity index (χ3v) is 3.91. The third kappa shape index (κ3) is 3.47. The van der Waals surface area contributed by atoms with Crippen LogP contribution in [0.15, 0.2) is 12.2 Å². The lowest BCUT2D eigenvalue weighted by Crippen LogP contribution is -2.49. The van der Waals surface area contributed by atoms with E-state index in [-0.39, 0.29) is 12.1 Å². The zero-order valence-electron chi connectivity index (χ0n) is 9.97. The predicted octanol–water partition coefficient (Wildman–Crippen LogP) is 3.81. The van der Waals surface area contributed by atoms with E-state index in [1.807, 2.05) is 0 Å². The third-order valence-electron chi connectivity index (χ3n) is 3.91. The first-order valence-corrected chi connectivity index (χ1v) is 6.55. The molecule has 3 atom stereocenters. The Hall–Kier alpha value is -0.510. The fourth-order valence-electron chi connectivity index (χ4n) is 2.97. The maximum Gasteiger partial charge on any atom is 0.393 e. The highest BCUT2D eigenvalue weighted by molar-refractivity contribution is 4.96. The second kappa shape index (κ2) is 5.42. The number of alkyl halides is 3. The van der Waals surface area contributed by atoms with Crippen molar-refractivity contribution in [3.8, 4) is 0 Å². The van der Waals surface area contributed by atoms with Crippen LogP contribution < -0.4 is 5.32 Å². The largest absolute Gasteiger partial charge is 0.393 e. The summed E-state index contributed by atoms with van der Waals surface area (Å²) in [6.07, 6.45) is 5.59. The molecule has 1 saturated carbocycles. The van der Waals surface area contributed by atoms with E-state index in [0.717, 1.165) is 25.7 Å². The lowest BCUT2D eigenvalue weighted by Gasteiger charge is -2.36. The van der Waals surface area contributed by atoms with E-state index in [4.69, 9.17) is 0 Å². The molecule has 0 aromatic carbocycles. The molecule has 1 nitrogen and oxygen atoms in total. The first-order chi connectivity index (χ1) is 8.07. The Balaban J connectivity index is 1.94. The molecule has 98 valence electrons. The molecule has 3 unspecified atom stereocenters. The Kier molecular flexibility index (Phi) is 4.13. The molecule has 0 spiro atoms. The molecular formula is C13H20F3N. The van der Waals surface area contributed by atoms with Crippen LogP contribution in [-0.4, -0.2) is 18.3 Å². The second-order valence-corrected chi connectivity index (χ2v) is 5.19. The van der Waals surface area contributed by atoms with Crippen molar-refractivity contribution < 1.29 is 13.2 Å². The van der Waals surface area contributed by atoms with Crippen LogP contribution in [0.4, 0.5) is 13.2 Å². The average molecular weight is 247 g/mol. The van der Waals surface area contributed by atoms with Gasteiger partial charge in [0.15, 0.2) is 0 Å². The number of allylic oxidation sites excluding steroid dienone is 1. The zero-order valence-corrected chi connectivity index (χ0v) is 9.97. The van der Waals surface area contributed by atoms with Crippen molar-refractivity contribution in [3.63, 3.8) is 0 Å². The number of hydrogen-bond acceptors (Lipinski definition) is 1. The number of nitrogens with one attached hydrogen (secondary N) is 1. The maximum absolute atomic E-state index is 12.9. The quantitative estimate of drug-likeness (QED) is 0.732. The number of halogens is 3. The smallest absolute Gasteiger partial charge is 0.310 e. The molecule has 0 bridgehead atoms. The molecule has 2 aliphatic rings. The van der Waals surface area contributed by atoms with Crippen LogP contribution in [0, 0.1) is 5.92 Å². The minimum Gasteiger partial charge on any atom is -0.310 e. The van der Waals surface area contributed by atoms with Crippen molar-refractivity contribution in [2.75, 3.05) is 0 Å². The van der Waals surface area contributed by atoms with Crippen LogP contribution in [0.25, 0.3) is 0 Å². The van der Waals surface area contributed by atoms with E-state index in [1.165, 1.54) is 0 Å². The van der Waals surface area contributed by atoms with Crippen LogP contribution in [0.3, 0.4) is 0 Å². The standard InChI is InChI=1S/C13H20F3N/c14-13(15,16)11-8-4-5-9-12(11)17-10-6-2-1-3-7-10/h1-2,10-12,17H,3-9H2. The Morgan fingerprint density at radius 2 is 1.76 bits per heavy atom. The van der Waals surface area contributed by atoms with Crippen LogP contribution in [-0.2, 0) is 0 Å². The molecule has 0 saturated heterocycles. The highest BCUT2D eigenvalue weighted by Gasteiger charge is 2.45. The van der Waals surface area contributed by atoms with Crippen LogP contribution in [0.5, 0.6) is 0 Å². The molecule has 17 heavy (non-hydrogen) atoms. The van der Waals surface area contributed by atoms with Gasteiger partial charge >= 0.3 is 6.18 Å². The molecule has 0 aromatic heterocycles. The molecule has 0 aliphatic heterocycles. The van der Waals surface area contributed by atoms with Crippen molar-refractivity contribution in [2.24, 2.45) is 5.92 Å². The molecule has 0 radical (unpaired) electrons. The summed E-state index contributed by atoms with van der Waals surface area (Å²) in [6, 6.07) is -0.117. The molecule has 2 aliphatic carbocycles. The van der Waals surface area contributed by atoms with Crippen molar-refractivity contribution in [3.05, 3.63) is 12.2 Å². The summed E-state index contributed by atoms with van der Waals surface area (Å²) in [5, 5.41) is 3.24. The van der Waals surface area contributed by atoms with E-state index >= 15 is 0 Å². The minimum absolute atomic E-state index is 0.243.